The van der Waals surface area contributed by atoms with Crippen molar-refractivity contribution in [2.24, 2.45) is 5.10 Å². The Kier molecular flexibility index (Phi) is 6.22. The molecule has 0 bridgehead atoms. The molecule has 2 N–H and O–H groups in total. The molecule has 1 aromatic rings. The molecule has 108 valence electrons. The van der Waals surface area contributed by atoms with Gasteiger partial charge in [0, 0.05) is 14.0 Å². The average Bonchev–Trinajstić information content (AvgIpc) is 2.45. The van der Waals surface area contributed by atoms with Gasteiger partial charge >= 0.3 is 0 Å². The lowest BCUT2D eigenvalue weighted by Crippen LogP contribution is -2.20. The van der Waals surface area contributed by atoms with E-state index in [0.29, 0.717) is 24.5 Å². The number of hydrazone groups is 1. The van der Waals surface area contributed by atoms with E-state index in [9.17, 15) is 9.59 Å². The molecule has 0 saturated carbocycles. The summed E-state index contributed by atoms with van der Waals surface area (Å²) in [4.78, 5) is 21.8. The zero-order chi connectivity index (χ0) is 15.0. The predicted octanol–water partition coefficient (Wildman–Crippen LogP) is 1.06. The highest BCUT2D eigenvalue weighted by Gasteiger charge is 2.01. The third-order valence-corrected chi connectivity index (χ3v) is 2.53. The zero-order valence-electron chi connectivity index (χ0n) is 11.9. The number of nitrogens with zero attached hydrogens (tertiary/aromatic N) is 1. The molecule has 0 fully saturated rings. The average molecular weight is 277 g/mol. The molecule has 0 radical (unpaired) electrons. The molecule has 1 rings (SSSR count). The van der Waals surface area contributed by atoms with E-state index in [-0.39, 0.29) is 11.8 Å². The Morgan fingerprint density at radius 2 is 1.85 bits per heavy atom. The summed E-state index contributed by atoms with van der Waals surface area (Å²) in [5.74, 6) is 0.420. The van der Waals surface area contributed by atoms with Crippen LogP contribution in [-0.4, -0.2) is 31.2 Å². The number of ether oxygens (including phenoxy) is 1. The fourth-order valence-electron chi connectivity index (χ4n) is 1.41. The highest BCUT2D eigenvalue weighted by molar-refractivity contribution is 5.99. The van der Waals surface area contributed by atoms with Gasteiger partial charge in [0.15, 0.2) is 0 Å². The zero-order valence-corrected chi connectivity index (χ0v) is 11.9. The molecule has 6 heteroatoms. The molecule has 0 aliphatic carbocycles. The van der Waals surface area contributed by atoms with Crippen molar-refractivity contribution in [2.75, 3.05) is 13.7 Å². The second-order valence-electron chi connectivity index (χ2n) is 4.16. The SMILES string of the molecule is CNC(=O)CCOc1ccc(/C(C)=N/NC(C)=O)cc1. The van der Waals surface area contributed by atoms with E-state index in [1.54, 1.807) is 26.1 Å². The summed E-state index contributed by atoms with van der Waals surface area (Å²) in [5, 5.41) is 6.47. The van der Waals surface area contributed by atoms with Crippen LogP contribution in [0.25, 0.3) is 0 Å². The highest BCUT2D eigenvalue weighted by atomic mass is 16.5. The fraction of sp³-hybridized carbons (Fsp3) is 0.357. The smallest absolute Gasteiger partial charge is 0.236 e. The minimum Gasteiger partial charge on any atom is -0.493 e. The minimum absolute atomic E-state index is 0.0556. The summed E-state index contributed by atoms with van der Waals surface area (Å²) >= 11 is 0. The topological polar surface area (TPSA) is 79.8 Å². The summed E-state index contributed by atoms with van der Waals surface area (Å²) in [6.45, 7) is 3.54. The number of benzene rings is 1. The molecule has 20 heavy (non-hydrogen) atoms. The van der Waals surface area contributed by atoms with Gasteiger partial charge in [-0.05, 0) is 36.8 Å². The molecule has 0 heterocycles. The van der Waals surface area contributed by atoms with E-state index in [4.69, 9.17) is 4.74 Å². The van der Waals surface area contributed by atoms with Crippen molar-refractivity contribution in [3.8, 4) is 5.75 Å². The largest absolute Gasteiger partial charge is 0.493 e. The first-order chi connectivity index (χ1) is 9.52. The molecule has 0 aromatic heterocycles. The van der Waals surface area contributed by atoms with E-state index in [1.165, 1.54) is 6.92 Å². The van der Waals surface area contributed by atoms with Gasteiger partial charge in [0.1, 0.15) is 5.75 Å². The normalized spacial score (nSPS) is 10.8. The van der Waals surface area contributed by atoms with Gasteiger partial charge in [-0.15, -0.1) is 0 Å². The number of nitrogens with one attached hydrogen (secondary N) is 2. The van der Waals surface area contributed by atoms with Crippen molar-refractivity contribution < 1.29 is 14.3 Å². The Morgan fingerprint density at radius 1 is 1.20 bits per heavy atom. The van der Waals surface area contributed by atoms with Crippen LogP contribution in [-0.2, 0) is 9.59 Å². The molecule has 0 aliphatic heterocycles. The van der Waals surface area contributed by atoms with Crippen molar-refractivity contribution in [1.82, 2.24) is 10.7 Å². The van der Waals surface area contributed by atoms with Crippen LogP contribution in [0.15, 0.2) is 29.4 Å². The molecule has 0 saturated heterocycles. The van der Waals surface area contributed by atoms with E-state index >= 15 is 0 Å². The Hall–Kier alpha value is -2.37. The number of hydrogen-bond donors (Lipinski definition) is 2. The monoisotopic (exact) mass is 277 g/mol. The van der Waals surface area contributed by atoms with E-state index < -0.39 is 0 Å². The second kappa shape index (κ2) is 7.93. The Labute approximate surface area is 118 Å². The van der Waals surface area contributed by atoms with Crippen molar-refractivity contribution in [2.45, 2.75) is 20.3 Å². The van der Waals surface area contributed by atoms with Gasteiger partial charge in [-0.25, -0.2) is 5.43 Å². The van der Waals surface area contributed by atoms with Crippen molar-refractivity contribution in [3.05, 3.63) is 29.8 Å². The number of amides is 2. The number of carbonyl (C=O) groups excluding carboxylic acids is 2. The van der Waals surface area contributed by atoms with E-state index in [2.05, 4.69) is 15.8 Å². The van der Waals surface area contributed by atoms with Crippen LogP contribution in [0.4, 0.5) is 0 Å². The van der Waals surface area contributed by atoms with Crippen LogP contribution in [0, 0.1) is 0 Å². The molecule has 0 aliphatic rings. The lowest BCUT2D eigenvalue weighted by molar-refractivity contribution is -0.121. The Morgan fingerprint density at radius 3 is 2.40 bits per heavy atom. The van der Waals surface area contributed by atoms with Crippen molar-refractivity contribution >= 4 is 17.5 Å². The number of rotatable bonds is 6. The molecular weight excluding hydrogens is 258 g/mol. The summed E-state index contributed by atoms with van der Waals surface area (Å²) in [6, 6.07) is 7.28. The number of carbonyl (C=O) groups is 2. The summed E-state index contributed by atoms with van der Waals surface area (Å²) in [5.41, 5.74) is 3.98. The third-order valence-electron chi connectivity index (χ3n) is 2.53. The number of hydrogen-bond acceptors (Lipinski definition) is 4. The molecule has 6 nitrogen and oxygen atoms in total. The van der Waals surface area contributed by atoms with Crippen LogP contribution in [0.3, 0.4) is 0 Å². The molecule has 2 amide bonds. The first-order valence-electron chi connectivity index (χ1n) is 6.27. The standard InChI is InChI=1S/C14H19N3O3/c1-10(16-17-11(2)18)12-4-6-13(7-5-12)20-9-8-14(19)15-3/h4-7H,8-9H2,1-3H3,(H,15,19)(H,17,18)/b16-10+. The van der Waals surface area contributed by atoms with Gasteiger partial charge in [0.2, 0.25) is 11.8 Å². The first kappa shape index (κ1) is 15.7. The lowest BCUT2D eigenvalue weighted by atomic mass is 10.1. The quantitative estimate of drug-likeness (QED) is 0.603. The maximum atomic E-state index is 11.0. The van der Waals surface area contributed by atoms with Crippen molar-refractivity contribution in [3.63, 3.8) is 0 Å². The molecule has 1 aromatic carbocycles. The van der Waals surface area contributed by atoms with Crippen LogP contribution < -0.4 is 15.5 Å². The lowest BCUT2D eigenvalue weighted by Gasteiger charge is -2.07. The molecular formula is C14H19N3O3. The summed E-state index contributed by atoms with van der Waals surface area (Å²) in [7, 11) is 1.59. The maximum absolute atomic E-state index is 11.0. The third kappa shape index (κ3) is 5.51. The molecule has 0 atom stereocenters. The van der Waals surface area contributed by atoms with Crippen LogP contribution in [0.1, 0.15) is 25.8 Å². The summed E-state index contributed by atoms with van der Waals surface area (Å²) in [6.07, 6.45) is 0.321. The van der Waals surface area contributed by atoms with Gasteiger partial charge in [0.25, 0.3) is 0 Å². The van der Waals surface area contributed by atoms with Gasteiger partial charge in [-0.2, -0.15) is 5.10 Å². The van der Waals surface area contributed by atoms with E-state index in [1.807, 2.05) is 12.1 Å². The Balaban J connectivity index is 2.53. The van der Waals surface area contributed by atoms with E-state index in [0.717, 1.165) is 5.56 Å². The van der Waals surface area contributed by atoms with Gasteiger partial charge < -0.3 is 10.1 Å². The highest BCUT2D eigenvalue weighted by Crippen LogP contribution is 2.13. The molecule has 0 unspecified atom stereocenters. The van der Waals surface area contributed by atoms with Gasteiger partial charge in [0.05, 0.1) is 18.7 Å². The van der Waals surface area contributed by atoms with Gasteiger partial charge in [-0.3, -0.25) is 9.59 Å². The minimum atomic E-state index is -0.210. The summed E-state index contributed by atoms with van der Waals surface area (Å²) < 4.78 is 5.44. The van der Waals surface area contributed by atoms with Crippen LogP contribution in [0.5, 0.6) is 5.75 Å². The van der Waals surface area contributed by atoms with Gasteiger partial charge in [-0.1, -0.05) is 0 Å². The molecule has 0 spiro atoms. The fourth-order valence-corrected chi connectivity index (χ4v) is 1.41. The maximum Gasteiger partial charge on any atom is 0.236 e. The van der Waals surface area contributed by atoms with Crippen LogP contribution >= 0.6 is 0 Å². The van der Waals surface area contributed by atoms with Crippen LogP contribution in [0.2, 0.25) is 0 Å². The van der Waals surface area contributed by atoms with Crippen molar-refractivity contribution in [1.29, 1.82) is 0 Å². The first-order valence-corrected chi connectivity index (χ1v) is 6.27. The Bertz CT molecular complexity index is 495. The second-order valence-corrected chi connectivity index (χ2v) is 4.16. The predicted molar refractivity (Wildman–Crippen MR) is 76.6 cm³/mol.